The summed E-state index contributed by atoms with van der Waals surface area (Å²) in [6, 6.07) is 0. The topological polar surface area (TPSA) is 37.3 Å². The van der Waals surface area contributed by atoms with Crippen molar-refractivity contribution in [1.29, 1.82) is 0 Å². The molecule has 0 amide bonds. The van der Waals surface area contributed by atoms with Gasteiger partial charge in [-0.25, -0.2) is 0 Å². The summed E-state index contributed by atoms with van der Waals surface area (Å²) in [4.78, 5) is 11.8. The summed E-state index contributed by atoms with van der Waals surface area (Å²) < 4.78 is 0. The van der Waals surface area contributed by atoms with Crippen molar-refractivity contribution in [1.82, 2.24) is 0 Å². The lowest BCUT2D eigenvalue weighted by atomic mass is 9.41. The van der Waals surface area contributed by atoms with Gasteiger partial charge in [0.1, 0.15) is 6.29 Å². The lowest BCUT2D eigenvalue weighted by Gasteiger charge is -2.63. The van der Waals surface area contributed by atoms with E-state index < -0.39 is 0 Å². The maximum atomic E-state index is 11.8. The summed E-state index contributed by atoms with van der Waals surface area (Å²) in [5.41, 5.74) is 1.87. The van der Waals surface area contributed by atoms with E-state index in [-0.39, 0.29) is 12.0 Å². The van der Waals surface area contributed by atoms with Gasteiger partial charge in [-0.2, -0.15) is 0 Å². The van der Waals surface area contributed by atoms with Gasteiger partial charge in [-0.3, -0.25) is 0 Å². The normalized spacial score (nSPS) is 53.4. The Labute approximate surface area is 134 Å². The number of aliphatic hydroxyl groups excluding tert-OH is 1. The van der Waals surface area contributed by atoms with Crippen LogP contribution in [0.3, 0.4) is 0 Å². The van der Waals surface area contributed by atoms with E-state index in [2.05, 4.69) is 19.9 Å². The number of allylic oxidation sites excluding steroid dienone is 1. The van der Waals surface area contributed by atoms with E-state index in [1.54, 1.807) is 0 Å². The van der Waals surface area contributed by atoms with E-state index >= 15 is 0 Å². The van der Waals surface area contributed by atoms with Gasteiger partial charge in [-0.1, -0.05) is 26.3 Å². The van der Waals surface area contributed by atoms with Crippen molar-refractivity contribution >= 4 is 6.29 Å². The number of hydrogen-bond acceptors (Lipinski definition) is 2. The Kier molecular flexibility index (Phi) is 3.18. The first kappa shape index (κ1) is 14.9. The predicted molar refractivity (Wildman–Crippen MR) is 87.3 cm³/mol. The van der Waals surface area contributed by atoms with E-state index in [1.165, 1.54) is 56.8 Å². The molecular formula is C20H30O2. The van der Waals surface area contributed by atoms with Crippen molar-refractivity contribution in [3.63, 3.8) is 0 Å². The van der Waals surface area contributed by atoms with Crippen LogP contribution >= 0.6 is 0 Å². The molecule has 3 saturated carbocycles. The molecule has 6 unspecified atom stereocenters. The van der Waals surface area contributed by atoms with Gasteiger partial charge in [0, 0.05) is 5.41 Å². The fraction of sp³-hybridized carbons (Fsp3) is 0.850. The third-order valence-electron chi connectivity index (χ3n) is 8.29. The molecule has 2 nitrogen and oxygen atoms in total. The van der Waals surface area contributed by atoms with E-state index in [1.807, 2.05) is 0 Å². The van der Waals surface area contributed by atoms with Gasteiger partial charge < -0.3 is 9.90 Å². The van der Waals surface area contributed by atoms with Crippen LogP contribution in [0.4, 0.5) is 0 Å². The van der Waals surface area contributed by atoms with Crippen LogP contribution in [0.15, 0.2) is 11.6 Å². The summed E-state index contributed by atoms with van der Waals surface area (Å²) in [6.45, 7) is 4.97. The van der Waals surface area contributed by atoms with Crippen molar-refractivity contribution in [3.8, 4) is 0 Å². The van der Waals surface area contributed by atoms with Crippen molar-refractivity contribution in [2.24, 2.45) is 34.0 Å². The molecule has 3 fully saturated rings. The summed E-state index contributed by atoms with van der Waals surface area (Å²) in [7, 11) is 0. The molecule has 2 bridgehead atoms. The fourth-order valence-electron chi connectivity index (χ4n) is 7.41. The molecule has 4 aliphatic carbocycles. The Hall–Kier alpha value is -0.630. The quantitative estimate of drug-likeness (QED) is 0.615. The molecule has 4 aliphatic rings. The zero-order valence-electron chi connectivity index (χ0n) is 14.1. The first-order chi connectivity index (χ1) is 10.5. The monoisotopic (exact) mass is 302 g/mol. The zero-order valence-corrected chi connectivity index (χ0v) is 14.1. The van der Waals surface area contributed by atoms with Gasteiger partial charge >= 0.3 is 0 Å². The van der Waals surface area contributed by atoms with Crippen LogP contribution in [0.5, 0.6) is 0 Å². The van der Waals surface area contributed by atoms with Crippen molar-refractivity contribution < 1.29 is 9.90 Å². The van der Waals surface area contributed by atoms with Gasteiger partial charge in [-0.05, 0) is 79.1 Å². The van der Waals surface area contributed by atoms with Gasteiger partial charge in [0.2, 0.25) is 0 Å². The first-order valence-electron chi connectivity index (χ1n) is 9.26. The van der Waals surface area contributed by atoms with Crippen LogP contribution in [0.25, 0.3) is 0 Å². The molecular weight excluding hydrogens is 272 g/mol. The highest BCUT2D eigenvalue weighted by molar-refractivity contribution is 5.60. The standard InChI is InChI=1S/C20H30O2/c1-18(13-22)7-3-8-19(2)16(18)6-9-20-10-14(4-5-17(19)20)15(11-20)12-21/h11,13-14,16-17,21H,3-10,12H2,1-2H3. The maximum absolute atomic E-state index is 11.8. The highest BCUT2D eigenvalue weighted by Gasteiger charge is 2.62. The van der Waals surface area contributed by atoms with E-state index in [0.717, 1.165) is 12.3 Å². The van der Waals surface area contributed by atoms with E-state index in [4.69, 9.17) is 0 Å². The highest BCUT2D eigenvalue weighted by atomic mass is 16.3. The minimum atomic E-state index is -0.104. The minimum Gasteiger partial charge on any atom is -0.392 e. The second-order valence-electron chi connectivity index (χ2n) is 9.22. The third-order valence-corrected chi connectivity index (χ3v) is 8.29. The van der Waals surface area contributed by atoms with Gasteiger partial charge in [0.25, 0.3) is 0 Å². The number of aliphatic hydroxyl groups is 1. The largest absolute Gasteiger partial charge is 0.392 e. The van der Waals surface area contributed by atoms with E-state index in [9.17, 15) is 9.90 Å². The van der Waals surface area contributed by atoms with Crippen LogP contribution < -0.4 is 0 Å². The Morgan fingerprint density at radius 3 is 2.73 bits per heavy atom. The molecule has 0 aromatic rings. The Morgan fingerprint density at radius 1 is 1.18 bits per heavy atom. The Morgan fingerprint density at radius 2 is 2.00 bits per heavy atom. The molecule has 122 valence electrons. The second kappa shape index (κ2) is 4.69. The number of fused-ring (bicyclic) bond motifs is 3. The average molecular weight is 302 g/mol. The number of rotatable bonds is 2. The molecule has 0 aromatic carbocycles. The molecule has 1 spiro atoms. The summed E-state index contributed by atoms with van der Waals surface area (Å²) in [6.07, 6.45) is 13.6. The number of aldehydes is 1. The molecule has 0 radical (unpaired) electrons. The number of carbonyl (C=O) groups excluding carboxylic acids is 1. The molecule has 0 saturated heterocycles. The van der Waals surface area contributed by atoms with Gasteiger partial charge in [-0.15, -0.1) is 0 Å². The lowest BCUT2D eigenvalue weighted by Crippen LogP contribution is -2.56. The van der Waals surface area contributed by atoms with Crippen molar-refractivity contribution in [3.05, 3.63) is 11.6 Å². The predicted octanol–water partition coefficient (Wildman–Crippen LogP) is 4.13. The lowest BCUT2D eigenvalue weighted by molar-refractivity contribution is -0.151. The van der Waals surface area contributed by atoms with Gasteiger partial charge in [0.15, 0.2) is 0 Å². The maximum Gasteiger partial charge on any atom is 0.126 e. The smallest absolute Gasteiger partial charge is 0.126 e. The van der Waals surface area contributed by atoms with Crippen molar-refractivity contribution in [2.45, 2.75) is 65.2 Å². The van der Waals surface area contributed by atoms with E-state index in [0.29, 0.717) is 22.7 Å². The summed E-state index contributed by atoms with van der Waals surface area (Å²) >= 11 is 0. The minimum absolute atomic E-state index is 0.104. The van der Waals surface area contributed by atoms with Crippen LogP contribution in [0.2, 0.25) is 0 Å². The van der Waals surface area contributed by atoms with Crippen LogP contribution in [0.1, 0.15) is 65.2 Å². The second-order valence-corrected chi connectivity index (χ2v) is 9.22. The molecule has 2 heteroatoms. The summed E-state index contributed by atoms with van der Waals surface area (Å²) in [5.74, 6) is 1.92. The van der Waals surface area contributed by atoms with Crippen LogP contribution in [-0.2, 0) is 4.79 Å². The fourth-order valence-corrected chi connectivity index (χ4v) is 7.41. The Balaban J connectivity index is 1.75. The van der Waals surface area contributed by atoms with Gasteiger partial charge in [0.05, 0.1) is 6.61 Å². The average Bonchev–Trinajstić information content (AvgIpc) is 2.77. The number of carbonyl (C=O) groups is 1. The molecule has 0 heterocycles. The first-order valence-corrected chi connectivity index (χ1v) is 9.26. The SMILES string of the molecule is CC1(C=O)CCCC2(C)C1CCC13C=C(CO)C(CCC12)C3. The van der Waals surface area contributed by atoms with Crippen LogP contribution in [0, 0.1) is 34.0 Å². The molecule has 4 rings (SSSR count). The highest BCUT2D eigenvalue weighted by Crippen LogP contribution is 2.70. The molecule has 6 atom stereocenters. The Bertz CT molecular complexity index is 524. The van der Waals surface area contributed by atoms with Crippen molar-refractivity contribution in [2.75, 3.05) is 6.61 Å². The summed E-state index contributed by atoms with van der Waals surface area (Å²) in [5, 5.41) is 9.70. The molecule has 22 heavy (non-hydrogen) atoms. The third kappa shape index (κ3) is 1.74. The number of hydrogen-bond donors (Lipinski definition) is 1. The van der Waals surface area contributed by atoms with Crippen LogP contribution in [-0.4, -0.2) is 18.0 Å². The molecule has 1 N–H and O–H groups in total. The molecule has 0 aliphatic heterocycles. The molecule has 0 aromatic heterocycles. The zero-order chi connectivity index (χ0) is 15.6.